The van der Waals surface area contributed by atoms with Gasteiger partial charge in [-0.15, -0.1) is 0 Å². The molecule has 2 aliphatic heterocycles. The third-order valence-electron chi connectivity index (χ3n) is 6.49. The van der Waals surface area contributed by atoms with Crippen molar-refractivity contribution in [2.45, 2.75) is 52.4 Å². The van der Waals surface area contributed by atoms with Gasteiger partial charge in [-0.1, -0.05) is 36.4 Å². The maximum Gasteiger partial charge on any atom is 0.211 e. The van der Waals surface area contributed by atoms with Crippen molar-refractivity contribution in [2.75, 3.05) is 12.0 Å². The van der Waals surface area contributed by atoms with Gasteiger partial charge in [-0.05, 0) is 167 Å². The number of benzene rings is 2. The normalized spacial score (nSPS) is 16.4. The van der Waals surface area contributed by atoms with Gasteiger partial charge < -0.3 is 24.0 Å². The Morgan fingerprint density at radius 1 is 0.706 bits per heavy atom. The lowest BCUT2D eigenvalue weighted by molar-refractivity contribution is -0.403. The predicted octanol–water partition coefficient (Wildman–Crippen LogP) is 7.47. The van der Waals surface area contributed by atoms with Crippen molar-refractivity contribution in [2.24, 2.45) is 4.99 Å². The molecule has 0 saturated carbocycles. The molecule has 0 N–H and O–H groups in total. The van der Waals surface area contributed by atoms with Crippen LogP contribution in [0, 0.1) is 21.4 Å². The molecule has 2 aromatic carbocycles. The van der Waals surface area contributed by atoms with Crippen LogP contribution in [0.2, 0.25) is 0 Å². The molecule has 2 heterocycles. The summed E-state index contributed by atoms with van der Waals surface area (Å²) in [5, 5.41) is 0. The molecule has 2 aromatic rings. The number of nitrogens with zero attached hydrogens (tertiary/aromatic N) is 2. The van der Waals surface area contributed by atoms with Gasteiger partial charge in [-0.25, -0.2) is 4.58 Å². The Hall–Kier alpha value is 3.62. The highest BCUT2D eigenvalue weighted by Crippen LogP contribution is 2.46. The van der Waals surface area contributed by atoms with Gasteiger partial charge in [-0.3, -0.25) is 4.99 Å². The molecule has 2 aliphatic rings. The molecule has 0 radical (unpaired) electrons. The number of alkyl halides is 1. The van der Waals surface area contributed by atoms with E-state index in [1.807, 2.05) is 4.93 Å². The lowest BCUT2D eigenvalue weighted by Crippen LogP contribution is -3.00. The highest BCUT2D eigenvalue weighted by Gasteiger charge is 2.44. The lowest BCUT2D eigenvalue weighted by Gasteiger charge is -2.22. The van der Waals surface area contributed by atoms with Crippen molar-refractivity contribution in [1.29, 1.82) is 0 Å². The van der Waals surface area contributed by atoms with Gasteiger partial charge in [-0.2, -0.15) is 0 Å². The Labute approximate surface area is 317 Å². The van der Waals surface area contributed by atoms with E-state index in [2.05, 4.69) is 228 Å². The lowest BCUT2D eigenvalue weighted by atomic mass is 9.82. The second kappa shape index (κ2) is 14.0. The fraction of sp³-hybridized carbons (Fsp3) is 0.417. The summed E-state index contributed by atoms with van der Waals surface area (Å²) in [6.45, 7) is 13.5. The zero-order chi connectivity index (χ0) is 25.6. The first-order chi connectivity index (χ1) is 15.1. The van der Waals surface area contributed by atoms with E-state index in [9.17, 15) is 0 Å². The van der Waals surface area contributed by atoms with Gasteiger partial charge in [0.25, 0.3) is 0 Å². The van der Waals surface area contributed by atoms with E-state index in [-0.39, 0.29) is 34.8 Å². The van der Waals surface area contributed by atoms with E-state index in [0.29, 0.717) is 0 Å². The maximum atomic E-state index is 4.67. The van der Waals surface area contributed by atoms with Crippen LogP contribution in [0.15, 0.2) is 17.1 Å². The molecule has 188 valence electrons. The molecule has 0 amide bonds. The summed E-state index contributed by atoms with van der Waals surface area (Å²) in [6.07, 6.45) is 0. The van der Waals surface area contributed by atoms with Gasteiger partial charge in [0.2, 0.25) is 5.69 Å². The molecule has 0 aliphatic carbocycles. The molecule has 2 nitrogen and oxygen atoms in total. The van der Waals surface area contributed by atoms with Crippen LogP contribution in [0.4, 0.5) is 11.4 Å². The third kappa shape index (κ3) is 6.73. The quantitative estimate of drug-likeness (QED) is 0.113. The molecule has 10 heteroatoms. The standard InChI is InChI=1S/C12H13I3N.C11H10I3N.CH3I.HI/c1-6-12(2,3)9-8(16(6)4)5-7(13)10(14)11(9)15;1-5-11(2,3)8-7(15-5)4-6(12)9(13)10(8)14;1-2;/h5H,1-4H3;4H,1-3H3;1H3;1H/q+1;;;/p-1. The first-order valence-electron chi connectivity index (χ1n) is 10.0. The summed E-state index contributed by atoms with van der Waals surface area (Å²) in [4.78, 5) is 6.64. The van der Waals surface area contributed by atoms with Crippen molar-refractivity contribution < 1.29 is 28.6 Å². The zero-order valence-corrected chi connectivity index (χ0v) is 37.3. The average Bonchev–Trinajstić information content (AvgIpc) is 3.07. The molecule has 34 heavy (non-hydrogen) atoms. The van der Waals surface area contributed by atoms with Gasteiger partial charge in [0, 0.05) is 51.1 Å². The topological polar surface area (TPSA) is 15.4 Å². The SMILES string of the molecule is CC1=Nc2cc(I)c(I)c(I)c2C1(C)C.CC1=[N+](C)c2cc(I)c(I)c(I)c2C1(C)C.CI.[I-]. The monoisotopic (exact) mass is 1360 g/mol. The smallest absolute Gasteiger partial charge is 0.211 e. The largest absolute Gasteiger partial charge is 1.00 e. The number of hydrogen-bond acceptors (Lipinski definition) is 1. The van der Waals surface area contributed by atoms with Crippen LogP contribution < -0.4 is 24.0 Å². The number of fused-ring (bicyclic) bond motifs is 2. The Balaban J connectivity index is 0.000000309. The zero-order valence-electron chi connectivity index (χ0n) is 20.1. The van der Waals surface area contributed by atoms with Crippen molar-refractivity contribution in [3.8, 4) is 0 Å². The second-order valence-electron chi connectivity index (χ2n) is 8.85. The van der Waals surface area contributed by atoms with Crippen LogP contribution >= 0.6 is 158 Å². The molecular formula is C24H26I8N2. The molecule has 0 fully saturated rings. The van der Waals surface area contributed by atoms with Crippen molar-refractivity contribution in [1.82, 2.24) is 0 Å². The summed E-state index contributed by atoms with van der Waals surface area (Å²) < 4.78 is 10.5. The summed E-state index contributed by atoms with van der Waals surface area (Å²) in [7, 11) is 2.17. The fourth-order valence-corrected chi connectivity index (χ4v) is 9.48. The molecule has 0 aromatic heterocycles. The van der Waals surface area contributed by atoms with Crippen LogP contribution in [0.25, 0.3) is 0 Å². The van der Waals surface area contributed by atoms with Crippen LogP contribution in [-0.4, -0.2) is 28.0 Å². The van der Waals surface area contributed by atoms with Crippen molar-refractivity contribution in [3.05, 3.63) is 44.7 Å². The minimum Gasteiger partial charge on any atom is -1.00 e. The number of halogens is 8. The fourth-order valence-electron chi connectivity index (χ4n) is 3.99. The van der Waals surface area contributed by atoms with Gasteiger partial charge in [0.05, 0.1) is 16.7 Å². The maximum absolute atomic E-state index is 4.67. The molecule has 4 rings (SSSR count). The highest BCUT2D eigenvalue weighted by atomic mass is 127. The van der Waals surface area contributed by atoms with Crippen LogP contribution in [0.1, 0.15) is 52.7 Å². The van der Waals surface area contributed by atoms with E-state index in [0.717, 1.165) is 5.69 Å². The molecule has 0 saturated heterocycles. The average molecular weight is 1360 g/mol. The first kappa shape index (κ1) is 35.6. The van der Waals surface area contributed by atoms with Gasteiger partial charge >= 0.3 is 0 Å². The third-order valence-corrected chi connectivity index (χ3v) is 16.7. The summed E-state index contributed by atoms with van der Waals surface area (Å²) >= 11 is 16.8. The predicted molar refractivity (Wildman–Crippen MR) is 204 cm³/mol. The van der Waals surface area contributed by atoms with E-state index in [1.54, 1.807) is 0 Å². The highest BCUT2D eigenvalue weighted by molar-refractivity contribution is 14.1. The van der Waals surface area contributed by atoms with Crippen molar-refractivity contribution >= 4 is 181 Å². The van der Waals surface area contributed by atoms with Gasteiger partial charge in [0.15, 0.2) is 5.71 Å². The van der Waals surface area contributed by atoms with Crippen molar-refractivity contribution in [3.63, 3.8) is 0 Å². The van der Waals surface area contributed by atoms with E-state index < -0.39 is 0 Å². The van der Waals surface area contributed by atoms with Crippen LogP contribution in [0.5, 0.6) is 0 Å². The summed E-state index contributed by atoms with van der Waals surface area (Å²) in [6, 6.07) is 4.50. The Kier molecular flexibility index (Phi) is 14.7. The molecular weight excluding hydrogens is 1330 g/mol. The van der Waals surface area contributed by atoms with Crippen LogP contribution in [0.3, 0.4) is 0 Å². The van der Waals surface area contributed by atoms with E-state index in [1.165, 1.54) is 49.7 Å². The first-order valence-corrected chi connectivity index (χ1v) is 18.6. The minimum absolute atomic E-state index is 0. The Bertz CT molecular complexity index is 1180. The summed E-state index contributed by atoms with van der Waals surface area (Å²) in [5.41, 5.74) is 8.30. The molecule has 0 spiro atoms. The van der Waals surface area contributed by atoms with E-state index >= 15 is 0 Å². The summed E-state index contributed by atoms with van der Waals surface area (Å²) in [5.74, 6) is 0. The molecule has 0 atom stereocenters. The second-order valence-corrected chi connectivity index (χ2v) is 15.5. The number of rotatable bonds is 0. The number of aliphatic imine (C=N–C) groups is 1. The Morgan fingerprint density at radius 3 is 1.65 bits per heavy atom. The van der Waals surface area contributed by atoms with Gasteiger partial charge in [0.1, 0.15) is 7.05 Å². The molecule has 0 bridgehead atoms. The number of hydrogen-bond donors (Lipinski definition) is 0. The van der Waals surface area contributed by atoms with E-state index in [4.69, 9.17) is 0 Å². The molecule has 0 unspecified atom stereocenters. The van der Waals surface area contributed by atoms with Crippen LogP contribution in [-0.2, 0) is 10.8 Å². The Morgan fingerprint density at radius 2 is 1.15 bits per heavy atom. The minimum atomic E-state index is 0.